The molecule has 2 aliphatic heterocycles. The summed E-state index contributed by atoms with van der Waals surface area (Å²) in [4.78, 5) is 17.2. The highest BCUT2D eigenvalue weighted by molar-refractivity contribution is 5.78. The SMILES string of the molecule is O=C(COc1ccccc1)N1C[C@H]2COC[C@@H]1CN(Cc1ccoc1)C2. The Labute approximate surface area is 153 Å². The summed E-state index contributed by atoms with van der Waals surface area (Å²) in [6.07, 6.45) is 3.49. The van der Waals surface area contributed by atoms with Crippen molar-refractivity contribution in [2.75, 3.05) is 39.5 Å². The summed E-state index contributed by atoms with van der Waals surface area (Å²) in [6, 6.07) is 11.5. The van der Waals surface area contributed by atoms with Crippen LogP contribution in [0.25, 0.3) is 0 Å². The van der Waals surface area contributed by atoms with Gasteiger partial charge in [0.25, 0.3) is 5.91 Å². The van der Waals surface area contributed by atoms with Crippen LogP contribution in [0.2, 0.25) is 0 Å². The Morgan fingerprint density at radius 3 is 2.81 bits per heavy atom. The van der Waals surface area contributed by atoms with Crippen LogP contribution in [0.4, 0.5) is 0 Å². The Morgan fingerprint density at radius 1 is 1.12 bits per heavy atom. The molecule has 26 heavy (non-hydrogen) atoms. The van der Waals surface area contributed by atoms with E-state index in [2.05, 4.69) is 4.90 Å². The Hall–Kier alpha value is -2.31. The number of hydrogen-bond acceptors (Lipinski definition) is 5. The first-order valence-electron chi connectivity index (χ1n) is 9.06. The molecule has 6 heteroatoms. The molecule has 2 atom stereocenters. The fourth-order valence-corrected chi connectivity index (χ4v) is 3.76. The Morgan fingerprint density at radius 2 is 2.00 bits per heavy atom. The maximum atomic E-state index is 12.8. The fraction of sp³-hybridized carbons (Fsp3) is 0.450. The van der Waals surface area contributed by atoms with Gasteiger partial charge in [0.2, 0.25) is 0 Å². The summed E-state index contributed by atoms with van der Waals surface area (Å²) in [5, 5.41) is 0. The van der Waals surface area contributed by atoms with Gasteiger partial charge in [-0.3, -0.25) is 9.69 Å². The molecule has 2 aromatic rings. The molecule has 3 heterocycles. The molecular formula is C20H24N2O4. The first-order chi connectivity index (χ1) is 12.8. The monoisotopic (exact) mass is 356 g/mol. The second-order valence-electron chi connectivity index (χ2n) is 7.03. The van der Waals surface area contributed by atoms with E-state index in [9.17, 15) is 4.79 Å². The lowest BCUT2D eigenvalue weighted by molar-refractivity contribution is -0.136. The molecule has 0 aliphatic carbocycles. The van der Waals surface area contributed by atoms with Gasteiger partial charge in [-0.1, -0.05) is 18.2 Å². The van der Waals surface area contributed by atoms with Crippen LogP contribution in [0, 0.1) is 5.92 Å². The normalized spacial score (nSPS) is 23.5. The number of benzene rings is 1. The van der Waals surface area contributed by atoms with Gasteiger partial charge in [0.15, 0.2) is 6.61 Å². The third-order valence-electron chi connectivity index (χ3n) is 4.96. The van der Waals surface area contributed by atoms with Gasteiger partial charge in [-0.15, -0.1) is 0 Å². The Balaban J connectivity index is 1.41. The number of rotatable bonds is 5. The number of hydrogen-bond donors (Lipinski definition) is 0. The van der Waals surface area contributed by atoms with Crippen molar-refractivity contribution in [1.29, 1.82) is 0 Å². The van der Waals surface area contributed by atoms with E-state index in [1.807, 2.05) is 41.3 Å². The van der Waals surface area contributed by atoms with Gasteiger partial charge in [-0.05, 0) is 18.2 Å². The summed E-state index contributed by atoms with van der Waals surface area (Å²) in [5.41, 5.74) is 1.16. The molecule has 0 spiro atoms. The minimum Gasteiger partial charge on any atom is -0.484 e. The molecule has 2 saturated heterocycles. The predicted molar refractivity (Wildman–Crippen MR) is 95.7 cm³/mol. The molecule has 1 amide bonds. The van der Waals surface area contributed by atoms with Gasteiger partial charge >= 0.3 is 0 Å². The van der Waals surface area contributed by atoms with Gasteiger partial charge in [0.1, 0.15) is 5.75 Å². The molecule has 6 nitrogen and oxygen atoms in total. The quantitative estimate of drug-likeness (QED) is 0.820. The lowest BCUT2D eigenvalue weighted by Gasteiger charge is -2.31. The number of fused-ring (bicyclic) bond motifs is 3. The summed E-state index contributed by atoms with van der Waals surface area (Å²) < 4.78 is 16.7. The highest BCUT2D eigenvalue weighted by Gasteiger charge is 2.35. The maximum absolute atomic E-state index is 12.8. The van der Waals surface area contributed by atoms with E-state index in [0.717, 1.165) is 37.5 Å². The van der Waals surface area contributed by atoms with E-state index in [1.54, 1.807) is 12.5 Å². The minimum absolute atomic E-state index is 0.0273. The molecule has 2 fully saturated rings. The number of ether oxygens (including phenoxy) is 2. The zero-order valence-corrected chi connectivity index (χ0v) is 14.8. The zero-order chi connectivity index (χ0) is 17.8. The lowest BCUT2D eigenvalue weighted by Crippen LogP contribution is -2.48. The first kappa shape index (κ1) is 17.1. The van der Waals surface area contributed by atoms with Crippen LogP contribution in [0.5, 0.6) is 5.75 Å². The Bertz CT molecular complexity index is 704. The van der Waals surface area contributed by atoms with Gasteiger partial charge in [0.05, 0.1) is 31.8 Å². The second kappa shape index (κ2) is 7.93. The van der Waals surface area contributed by atoms with E-state index in [4.69, 9.17) is 13.9 Å². The van der Waals surface area contributed by atoms with Crippen LogP contribution in [-0.2, 0) is 16.1 Å². The molecule has 4 rings (SSSR count). The van der Waals surface area contributed by atoms with Crippen LogP contribution in [0.1, 0.15) is 5.56 Å². The number of carbonyl (C=O) groups excluding carboxylic acids is 1. The first-order valence-corrected chi connectivity index (χ1v) is 9.06. The topological polar surface area (TPSA) is 55.1 Å². The van der Waals surface area contributed by atoms with Gasteiger partial charge in [-0.25, -0.2) is 0 Å². The Kier molecular flexibility index (Phi) is 5.22. The average molecular weight is 356 g/mol. The fourth-order valence-electron chi connectivity index (χ4n) is 3.76. The molecule has 1 aromatic heterocycles. The van der Waals surface area contributed by atoms with Crippen molar-refractivity contribution >= 4 is 5.91 Å². The summed E-state index contributed by atoms with van der Waals surface area (Å²) in [6.45, 7) is 4.63. The smallest absolute Gasteiger partial charge is 0.260 e. The van der Waals surface area contributed by atoms with Crippen molar-refractivity contribution in [3.05, 3.63) is 54.5 Å². The number of furan rings is 1. The van der Waals surface area contributed by atoms with Gasteiger partial charge in [-0.2, -0.15) is 0 Å². The van der Waals surface area contributed by atoms with Crippen LogP contribution < -0.4 is 4.74 Å². The van der Waals surface area contributed by atoms with Crippen LogP contribution >= 0.6 is 0 Å². The van der Waals surface area contributed by atoms with Crippen molar-refractivity contribution in [2.45, 2.75) is 12.6 Å². The predicted octanol–water partition coefficient (Wildman–Crippen LogP) is 2.02. The number of para-hydroxylation sites is 1. The molecule has 0 N–H and O–H groups in total. The van der Waals surface area contributed by atoms with Gasteiger partial charge in [0, 0.05) is 37.7 Å². The van der Waals surface area contributed by atoms with Crippen LogP contribution in [-0.4, -0.2) is 61.2 Å². The van der Waals surface area contributed by atoms with Crippen molar-refractivity contribution in [3.63, 3.8) is 0 Å². The van der Waals surface area contributed by atoms with E-state index < -0.39 is 0 Å². The highest BCUT2D eigenvalue weighted by Crippen LogP contribution is 2.22. The summed E-state index contributed by atoms with van der Waals surface area (Å²) in [7, 11) is 0. The third-order valence-corrected chi connectivity index (χ3v) is 4.96. The van der Waals surface area contributed by atoms with Crippen molar-refractivity contribution in [3.8, 4) is 5.75 Å². The largest absolute Gasteiger partial charge is 0.484 e. The van der Waals surface area contributed by atoms with E-state index in [-0.39, 0.29) is 18.6 Å². The van der Waals surface area contributed by atoms with E-state index in [0.29, 0.717) is 19.1 Å². The molecule has 138 valence electrons. The number of nitrogens with zero attached hydrogens (tertiary/aromatic N) is 2. The zero-order valence-electron chi connectivity index (χ0n) is 14.8. The number of amides is 1. The molecular weight excluding hydrogens is 332 g/mol. The molecule has 0 unspecified atom stereocenters. The lowest BCUT2D eigenvalue weighted by atomic mass is 10.1. The molecule has 2 bridgehead atoms. The molecule has 0 saturated carbocycles. The summed E-state index contributed by atoms with van der Waals surface area (Å²) in [5.74, 6) is 1.06. The van der Waals surface area contributed by atoms with Crippen molar-refractivity contribution < 1.29 is 18.7 Å². The highest BCUT2D eigenvalue weighted by atomic mass is 16.5. The minimum atomic E-state index is 0.0273. The molecule has 1 aromatic carbocycles. The van der Waals surface area contributed by atoms with Crippen LogP contribution in [0.15, 0.2) is 53.3 Å². The average Bonchev–Trinajstić information content (AvgIpc) is 2.99. The third kappa shape index (κ3) is 4.08. The summed E-state index contributed by atoms with van der Waals surface area (Å²) >= 11 is 0. The number of carbonyl (C=O) groups is 1. The van der Waals surface area contributed by atoms with Gasteiger partial charge < -0.3 is 18.8 Å². The van der Waals surface area contributed by atoms with Crippen molar-refractivity contribution in [1.82, 2.24) is 9.80 Å². The molecule has 0 radical (unpaired) electrons. The van der Waals surface area contributed by atoms with Crippen LogP contribution in [0.3, 0.4) is 0 Å². The van der Waals surface area contributed by atoms with E-state index >= 15 is 0 Å². The van der Waals surface area contributed by atoms with E-state index in [1.165, 1.54) is 0 Å². The maximum Gasteiger partial charge on any atom is 0.260 e. The molecule has 2 aliphatic rings. The second-order valence-corrected chi connectivity index (χ2v) is 7.03. The van der Waals surface area contributed by atoms with Crippen molar-refractivity contribution in [2.24, 2.45) is 5.92 Å². The standard InChI is InChI=1S/C20H24N2O4/c23-20(15-26-19-4-2-1-3-5-19)22-10-17-9-21(8-16-6-7-24-12-16)11-18(22)14-25-13-17/h1-7,12,17-18H,8-11,13-15H2/t17-,18-/m0/s1.